The molecule has 1 aliphatic rings. The van der Waals surface area contributed by atoms with Crippen LogP contribution in [0.2, 0.25) is 0 Å². The summed E-state index contributed by atoms with van der Waals surface area (Å²) in [4.78, 5) is 14.1. The summed E-state index contributed by atoms with van der Waals surface area (Å²) >= 11 is 0. The minimum absolute atomic E-state index is 0.0261. The van der Waals surface area contributed by atoms with Crippen molar-refractivity contribution in [3.05, 3.63) is 29.6 Å². The number of nitrogens with two attached hydrogens (primary N) is 1. The maximum atomic E-state index is 13.9. The highest BCUT2D eigenvalue weighted by Gasteiger charge is 2.27. The number of benzene rings is 1. The van der Waals surface area contributed by atoms with E-state index in [1.54, 1.807) is 4.90 Å². The molecule has 0 unspecified atom stereocenters. The van der Waals surface area contributed by atoms with Gasteiger partial charge >= 0.3 is 0 Å². The zero-order valence-corrected chi connectivity index (χ0v) is 11.5. The highest BCUT2D eigenvalue weighted by atomic mass is 19.1. The molecule has 0 bridgehead atoms. The quantitative estimate of drug-likeness (QED) is 0.831. The van der Waals surface area contributed by atoms with Crippen LogP contribution in [0.4, 0.5) is 10.1 Å². The van der Waals surface area contributed by atoms with Gasteiger partial charge in [0.1, 0.15) is 5.82 Å². The first kappa shape index (κ1) is 14.8. The Morgan fingerprint density at radius 3 is 2.65 bits per heavy atom. The Hall–Kier alpha value is -1.62. The van der Waals surface area contributed by atoms with E-state index in [9.17, 15) is 9.18 Å². The topological polar surface area (TPSA) is 66.6 Å². The van der Waals surface area contributed by atoms with Crippen molar-refractivity contribution < 1.29 is 14.3 Å². The highest BCUT2D eigenvalue weighted by molar-refractivity contribution is 5.95. The molecular formula is C15H21FN2O2. The summed E-state index contributed by atoms with van der Waals surface area (Å²) in [6, 6.07) is 4.19. The summed E-state index contributed by atoms with van der Waals surface area (Å²) in [7, 11) is 0. The van der Waals surface area contributed by atoms with Crippen molar-refractivity contribution in [2.45, 2.75) is 38.1 Å². The fourth-order valence-electron chi connectivity index (χ4n) is 2.81. The van der Waals surface area contributed by atoms with Crippen molar-refractivity contribution >= 4 is 11.6 Å². The molecule has 1 aromatic carbocycles. The van der Waals surface area contributed by atoms with Crippen molar-refractivity contribution in [2.24, 2.45) is 0 Å². The third kappa shape index (κ3) is 3.28. The molecule has 1 aliphatic carbocycles. The molecule has 20 heavy (non-hydrogen) atoms. The maximum Gasteiger partial charge on any atom is 0.257 e. The molecular weight excluding hydrogens is 259 g/mol. The fourth-order valence-corrected chi connectivity index (χ4v) is 2.81. The van der Waals surface area contributed by atoms with Crippen LogP contribution < -0.4 is 5.73 Å². The van der Waals surface area contributed by atoms with Crippen LogP contribution in [0.25, 0.3) is 0 Å². The van der Waals surface area contributed by atoms with Gasteiger partial charge in [0.25, 0.3) is 5.91 Å². The second kappa shape index (κ2) is 6.70. The second-order valence-electron chi connectivity index (χ2n) is 5.25. The van der Waals surface area contributed by atoms with Gasteiger partial charge < -0.3 is 15.7 Å². The minimum Gasteiger partial charge on any atom is -0.399 e. The van der Waals surface area contributed by atoms with Gasteiger partial charge in [0, 0.05) is 18.3 Å². The summed E-state index contributed by atoms with van der Waals surface area (Å²) in [6.45, 7) is 0.131. The Balaban J connectivity index is 2.21. The molecule has 0 saturated heterocycles. The van der Waals surface area contributed by atoms with Gasteiger partial charge in [-0.25, -0.2) is 4.39 Å². The van der Waals surface area contributed by atoms with Crippen LogP contribution in [0, 0.1) is 5.82 Å². The molecule has 0 radical (unpaired) electrons. The van der Waals surface area contributed by atoms with Gasteiger partial charge in [-0.1, -0.05) is 19.3 Å². The van der Waals surface area contributed by atoms with E-state index in [-0.39, 0.29) is 30.7 Å². The fraction of sp³-hybridized carbons (Fsp3) is 0.533. The SMILES string of the molecule is Nc1ccc(C(=O)N(CCO)C2CCCCC2)c(F)c1. The molecule has 1 amide bonds. The first-order valence-electron chi connectivity index (χ1n) is 7.10. The number of hydrogen-bond donors (Lipinski definition) is 2. The Morgan fingerprint density at radius 2 is 2.05 bits per heavy atom. The van der Waals surface area contributed by atoms with E-state index in [4.69, 9.17) is 10.8 Å². The van der Waals surface area contributed by atoms with E-state index in [0.717, 1.165) is 31.7 Å². The van der Waals surface area contributed by atoms with Crippen LogP contribution in [0.5, 0.6) is 0 Å². The van der Waals surface area contributed by atoms with Crippen LogP contribution in [0.15, 0.2) is 18.2 Å². The average Bonchev–Trinajstić information content (AvgIpc) is 2.45. The number of amides is 1. The molecule has 1 fully saturated rings. The van der Waals surface area contributed by atoms with Crippen molar-refractivity contribution in [3.8, 4) is 0 Å². The molecule has 1 saturated carbocycles. The number of rotatable bonds is 4. The average molecular weight is 280 g/mol. The Labute approximate surface area is 118 Å². The maximum absolute atomic E-state index is 13.9. The number of hydrogen-bond acceptors (Lipinski definition) is 3. The van der Waals surface area contributed by atoms with E-state index >= 15 is 0 Å². The number of carbonyl (C=O) groups is 1. The zero-order valence-electron chi connectivity index (χ0n) is 11.5. The van der Waals surface area contributed by atoms with Crippen molar-refractivity contribution in [2.75, 3.05) is 18.9 Å². The lowest BCUT2D eigenvalue weighted by molar-refractivity contribution is 0.0581. The van der Waals surface area contributed by atoms with Gasteiger partial charge in [-0.2, -0.15) is 0 Å². The lowest BCUT2D eigenvalue weighted by Gasteiger charge is -2.34. The summed E-state index contributed by atoms with van der Waals surface area (Å²) < 4.78 is 13.9. The molecule has 4 nitrogen and oxygen atoms in total. The molecule has 2 rings (SSSR count). The number of aliphatic hydroxyl groups is 1. The molecule has 1 aromatic rings. The molecule has 0 atom stereocenters. The van der Waals surface area contributed by atoms with Gasteiger partial charge in [-0.15, -0.1) is 0 Å². The van der Waals surface area contributed by atoms with E-state index in [2.05, 4.69) is 0 Å². The zero-order chi connectivity index (χ0) is 14.5. The monoisotopic (exact) mass is 280 g/mol. The van der Waals surface area contributed by atoms with Crippen LogP contribution >= 0.6 is 0 Å². The van der Waals surface area contributed by atoms with Crippen LogP contribution in [-0.4, -0.2) is 35.1 Å². The normalized spacial score (nSPS) is 16.1. The van der Waals surface area contributed by atoms with Crippen molar-refractivity contribution in [1.82, 2.24) is 4.90 Å². The van der Waals surface area contributed by atoms with E-state index in [1.807, 2.05) is 0 Å². The van der Waals surface area contributed by atoms with Crippen molar-refractivity contribution in [1.29, 1.82) is 0 Å². The predicted molar refractivity (Wildman–Crippen MR) is 75.8 cm³/mol. The standard InChI is InChI=1S/C15H21FN2O2/c16-14-10-11(17)6-7-13(14)15(20)18(8-9-19)12-4-2-1-3-5-12/h6-7,10,12,19H,1-5,8-9,17H2. The van der Waals surface area contributed by atoms with E-state index in [1.165, 1.54) is 18.6 Å². The lowest BCUT2D eigenvalue weighted by atomic mass is 9.93. The lowest BCUT2D eigenvalue weighted by Crippen LogP contribution is -2.43. The van der Waals surface area contributed by atoms with Gasteiger partial charge in [-0.3, -0.25) is 4.79 Å². The second-order valence-corrected chi connectivity index (χ2v) is 5.25. The molecule has 5 heteroatoms. The number of halogens is 1. The van der Waals surface area contributed by atoms with Gasteiger partial charge in [-0.05, 0) is 31.0 Å². The van der Waals surface area contributed by atoms with Gasteiger partial charge in [0.15, 0.2) is 0 Å². The molecule has 0 aliphatic heterocycles. The third-order valence-corrected chi connectivity index (χ3v) is 3.84. The Morgan fingerprint density at radius 1 is 1.35 bits per heavy atom. The molecule has 0 heterocycles. The van der Waals surface area contributed by atoms with Crippen LogP contribution in [-0.2, 0) is 0 Å². The number of nitrogen functional groups attached to an aromatic ring is 1. The minimum atomic E-state index is -0.603. The summed E-state index contributed by atoms with van der Waals surface area (Å²) in [5, 5.41) is 9.17. The van der Waals surface area contributed by atoms with E-state index < -0.39 is 5.82 Å². The first-order chi connectivity index (χ1) is 9.63. The number of anilines is 1. The molecule has 0 aromatic heterocycles. The van der Waals surface area contributed by atoms with Crippen LogP contribution in [0.3, 0.4) is 0 Å². The molecule has 110 valence electrons. The van der Waals surface area contributed by atoms with Crippen LogP contribution in [0.1, 0.15) is 42.5 Å². The van der Waals surface area contributed by atoms with Gasteiger partial charge in [0.2, 0.25) is 0 Å². The van der Waals surface area contributed by atoms with E-state index in [0.29, 0.717) is 5.69 Å². The number of nitrogens with zero attached hydrogens (tertiary/aromatic N) is 1. The predicted octanol–water partition coefficient (Wildman–Crippen LogP) is 2.18. The summed E-state index contributed by atoms with van der Waals surface area (Å²) in [5.41, 5.74) is 5.82. The number of aliphatic hydroxyl groups excluding tert-OH is 1. The first-order valence-corrected chi connectivity index (χ1v) is 7.10. The summed E-state index contributed by atoms with van der Waals surface area (Å²) in [6.07, 6.45) is 5.16. The Kier molecular flexibility index (Phi) is 4.95. The summed E-state index contributed by atoms with van der Waals surface area (Å²) in [5.74, 6) is -0.961. The molecule has 0 spiro atoms. The largest absolute Gasteiger partial charge is 0.399 e. The molecule has 3 N–H and O–H groups in total. The van der Waals surface area contributed by atoms with Gasteiger partial charge in [0.05, 0.1) is 12.2 Å². The number of carbonyl (C=O) groups excluding carboxylic acids is 1. The third-order valence-electron chi connectivity index (χ3n) is 3.84. The smallest absolute Gasteiger partial charge is 0.257 e. The Bertz CT molecular complexity index is 473. The van der Waals surface area contributed by atoms with Crippen molar-refractivity contribution in [3.63, 3.8) is 0 Å². The highest BCUT2D eigenvalue weighted by Crippen LogP contribution is 2.24.